The molecule has 0 aliphatic carbocycles. The van der Waals surface area contributed by atoms with Crippen LogP contribution in [-0.2, 0) is 4.79 Å². The van der Waals surface area contributed by atoms with Crippen LogP contribution in [0.15, 0.2) is 97.2 Å². The van der Waals surface area contributed by atoms with E-state index in [4.69, 9.17) is 0 Å². The second-order valence-electron chi connectivity index (χ2n) is 11.2. The third kappa shape index (κ3) is 5.94. The molecule has 2 aromatic heterocycles. The van der Waals surface area contributed by atoms with Crippen molar-refractivity contribution in [2.45, 2.75) is 31.8 Å². The highest BCUT2D eigenvalue weighted by Gasteiger charge is 2.38. The summed E-state index contributed by atoms with van der Waals surface area (Å²) in [5.41, 5.74) is 2.62. The molecule has 5 aromatic rings. The molecule has 1 aliphatic heterocycles. The first-order valence-electron chi connectivity index (χ1n) is 15.3. The molecule has 1 saturated heterocycles. The van der Waals surface area contributed by atoms with Gasteiger partial charge in [0, 0.05) is 31.6 Å². The average Bonchev–Trinajstić information content (AvgIpc) is 3.71. The van der Waals surface area contributed by atoms with Crippen LogP contribution in [0.25, 0.3) is 10.9 Å². The number of benzene rings is 3. The Bertz CT molecular complexity index is 1790. The van der Waals surface area contributed by atoms with E-state index in [1.54, 1.807) is 23.1 Å². The van der Waals surface area contributed by atoms with Crippen molar-refractivity contribution in [1.29, 1.82) is 0 Å². The summed E-state index contributed by atoms with van der Waals surface area (Å²) in [5.74, 6) is -1.38. The van der Waals surface area contributed by atoms with E-state index in [2.05, 4.69) is 39.5 Å². The lowest BCUT2D eigenvalue weighted by atomic mass is 9.96. The van der Waals surface area contributed by atoms with Crippen molar-refractivity contribution >= 4 is 34.7 Å². The van der Waals surface area contributed by atoms with Crippen molar-refractivity contribution in [3.8, 4) is 0 Å². The van der Waals surface area contributed by atoms with E-state index < -0.39 is 18.1 Å². The van der Waals surface area contributed by atoms with E-state index in [-0.39, 0.29) is 23.5 Å². The van der Waals surface area contributed by atoms with Crippen LogP contribution in [0.2, 0.25) is 0 Å². The molecule has 236 valence electrons. The molecule has 3 aromatic carbocycles. The Hall–Kier alpha value is -5.49. The number of aromatic nitrogens is 4. The summed E-state index contributed by atoms with van der Waals surface area (Å²) in [4.78, 5) is 45.3. The van der Waals surface area contributed by atoms with Crippen LogP contribution in [0, 0.1) is 0 Å². The lowest BCUT2D eigenvalue weighted by Gasteiger charge is -2.41. The normalized spacial score (nSPS) is 14.4. The van der Waals surface area contributed by atoms with Crippen molar-refractivity contribution in [1.82, 2.24) is 29.6 Å². The molecule has 12 heteroatoms. The van der Waals surface area contributed by atoms with Crippen LogP contribution >= 0.6 is 0 Å². The van der Waals surface area contributed by atoms with E-state index in [0.717, 1.165) is 4.90 Å². The Morgan fingerprint density at radius 3 is 2.02 bits per heavy atom. The Morgan fingerprint density at radius 1 is 0.848 bits per heavy atom. The van der Waals surface area contributed by atoms with Crippen molar-refractivity contribution in [2.75, 3.05) is 31.1 Å². The quantitative estimate of drug-likeness (QED) is 0.226. The predicted octanol–water partition coefficient (Wildman–Crippen LogP) is 4.83. The van der Waals surface area contributed by atoms with Crippen LogP contribution < -0.4 is 4.90 Å². The zero-order valence-corrected chi connectivity index (χ0v) is 25.4. The predicted molar refractivity (Wildman–Crippen MR) is 172 cm³/mol. The van der Waals surface area contributed by atoms with Crippen LogP contribution in [0.4, 0.5) is 10.6 Å². The molecule has 1 fully saturated rings. The van der Waals surface area contributed by atoms with Crippen LogP contribution in [0.1, 0.15) is 47.4 Å². The zero-order chi connectivity index (χ0) is 32.2. The number of carboxylic acids is 1. The summed E-state index contributed by atoms with van der Waals surface area (Å²) in [6.45, 7) is 4.02. The summed E-state index contributed by atoms with van der Waals surface area (Å²) in [5, 5.41) is 28.5. The van der Waals surface area contributed by atoms with Gasteiger partial charge in [0.15, 0.2) is 5.69 Å². The molecule has 46 heavy (non-hydrogen) atoms. The number of nitrogens with zero attached hydrogens (tertiary/aromatic N) is 7. The first-order valence-corrected chi connectivity index (χ1v) is 15.3. The van der Waals surface area contributed by atoms with Crippen LogP contribution in [-0.4, -0.2) is 90.0 Å². The van der Waals surface area contributed by atoms with E-state index in [9.17, 15) is 24.6 Å². The van der Waals surface area contributed by atoms with Gasteiger partial charge in [-0.3, -0.25) is 9.69 Å². The summed E-state index contributed by atoms with van der Waals surface area (Å²) >= 11 is 0. The molecular formula is C34H35N7O5. The summed E-state index contributed by atoms with van der Waals surface area (Å²) in [7, 11) is 0. The van der Waals surface area contributed by atoms with Gasteiger partial charge in [0.25, 0.3) is 0 Å². The monoisotopic (exact) mass is 621 g/mol. The molecule has 2 amide bonds. The molecule has 0 saturated carbocycles. The number of carboxylic acid groups (broad SMARTS) is 2. The number of fused-ring (bicyclic) bond motifs is 1. The Morgan fingerprint density at radius 2 is 1.46 bits per heavy atom. The maximum absolute atomic E-state index is 14.3. The molecule has 2 N–H and O–H groups in total. The highest BCUT2D eigenvalue weighted by atomic mass is 16.4. The summed E-state index contributed by atoms with van der Waals surface area (Å²) < 4.78 is 1.47. The molecule has 0 unspecified atom stereocenters. The van der Waals surface area contributed by atoms with Gasteiger partial charge in [-0.25, -0.2) is 19.2 Å². The highest BCUT2D eigenvalue weighted by molar-refractivity contribution is 5.99. The van der Waals surface area contributed by atoms with Crippen molar-refractivity contribution < 1.29 is 24.6 Å². The van der Waals surface area contributed by atoms with Gasteiger partial charge in [-0.05, 0) is 34.9 Å². The van der Waals surface area contributed by atoms with Gasteiger partial charge in [0.1, 0.15) is 11.9 Å². The van der Waals surface area contributed by atoms with E-state index >= 15 is 0 Å². The van der Waals surface area contributed by atoms with Crippen LogP contribution in [0.3, 0.4) is 0 Å². The largest absolute Gasteiger partial charge is 0.476 e. The SMILES string of the molecule is CCC[C@@H](C(=O)N1CCN(C(c2ccccc2)c2ccccc2)CC1)N(C(=O)O)c1cc2ccccc2n1-n1cc(C(=O)O)nn1. The fraction of sp³-hybridized carbons (Fsp3) is 0.265. The molecule has 12 nitrogen and oxygen atoms in total. The average molecular weight is 622 g/mol. The van der Waals surface area contributed by atoms with E-state index in [1.807, 2.05) is 55.5 Å². The van der Waals surface area contributed by atoms with Crippen molar-refractivity contribution in [2.24, 2.45) is 0 Å². The van der Waals surface area contributed by atoms with Gasteiger partial charge >= 0.3 is 12.1 Å². The number of carbonyl (C=O) groups excluding carboxylic acids is 1. The number of rotatable bonds is 10. The fourth-order valence-electron chi connectivity index (χ4n) is 6.29. The van der Waals surface area contributed by atoms with Gasteiger partial charge in [-0.1, -0.05) is 92.2 Å². The second-order valence-corrected chi connectivity index (χ2v) is 11.2. The molecule has 0 radical (unpaired) electrons. The summed E-state index contributed by atoms with van der Waals surface area (Å²) in [6.07, 6.45) is 0.767. The van der Waals surface area contributed by atoms with Gasteiger partial charge in [-0.2, -0.15) is 4.79 Å². The first kappa shape index (κ1) is 30.5. The van der Waals surface area contributed by atoms with Crippen molar-refractivity contribution in [3.63, 3.8) is 0 Å². The van der Waals surface area contributed by atoms with E-state index in [0.29, 0.717) is 49.9 Å². The zero-order valence-electron chi connectivity index (χ0n) is 25.4. The van der Waals surface area contributed by atoms with Gasteiger partial charge < -0.3 is 15.1 Å². The molecule has 1 atom stereocenters. The standard InChI is InChI=1S/C34H35N7O5/c1-2-11-29(32(42)38-20-18-37(19-21-38)31(24-12-5-3-6-13-24)25-14-7-4-8-15-25)40(34(45)46)30-22-26-16-9-10-17-28(26)41(30)39-23-27(33(43)44)35-36-39/h3-10,12-17,22-23,29,31H,2,11,18-21H2,1H3,(H,43,44)(H,45,46)/t29-/m0/s1. The number of amides is 2. The highest BCUT2D eigenvalue weighted by Crippen LogP contribution is 2.32. The Balaban J connectivity index is 1.30. The topological polar surface area (TPSA) is 137 Å². The third-order valence-corrected chi connectivity index (χ3v) is 8.41. The number of para-hydroxylation sites is 1. The van der Waals surface area contributed by atoms with Gasteiger partial charge in [0.05, 0.1) is 17.8 Å². The number of carbonyl (C=O) groups is 3. The fourth-order valence-corrected chi connectivity index (χ4v) is 6.29. The van der Waals surface area contributed by atoms with Gasteiger partial charge in [-0.15, -0.1) is 5.10 Å². The lowest BCUT2D eigenvalue weighted by molar-refractivity contribution is -0.134. The molecule has 0 spiro atoms. The number of aromatic carboxylic acids is 1. The first-order chi connectivity index (χ1) is 22.4. The summed E-state index contributed by atoms with van der Waals surface area (Å²) in [6, 6.07) is 28.4. The Kier molecular flexibility index (Phi) is 8.79. The maximum atomic E-state index is 14.3. The second kappa shape index (κ2) is 13.2. The number of piperazine rings is 1. The Labute approximate surface area is 265 Å². The third-order valence-electron chi connectivity index (χ3n) is 8.41. The van der Waals surface area contributed by atoms with E-state index in [1.165, 1.54) is 26.8 Å². The van der Waals surface area contributed by atoms with Crippen molar-refractivity contribution in [3.05, 3.63) is 114 Å². The minimum atomic E-state index is -1.30. The number of hydrogen-bond acceptors (Lipinski definition) is 6. The molecule has 3 heterocycles. The number of hydrogen-bond donors (Lipinski definition) is 2. The lowest BCUT2D eigenvalue weighted by Crippen LogP contribution is -2.56. The smallest absolute Gasteiger partial charge is 0.413 e. The molecule has 1 aliphatic rings. The maximum Gasteiger partial charge on any atom is 0.413 e. The number of anilines is 1. The molecule has 0 bridgehead atoms. The van der Waals surface area contributed by atoms with Crippen LogP contribution in [0.5, 0.6) is 0 Å². The minimum absolute atomic E-state index is 0.0238. The van der Waals surface area contributed by atoms with Gasteiger partial charge in [0.2, 0.25) is 5.91 Å². The minimum Gasteiger partial charge on any atom is -0.476 e. The molecular weight excluding hydrogens is 586 g/mol. The molecule has 6 rings (SSSR count).